The zero-order chi connectivity index (χ0) is 22.3. The number of hydrogen-bond donors (Lipinski definition) is 3. The van der Waals surface area contributed by atoms with Crippen molar-refractivity contribution in [3.8, 4) is 17.2 Å². The smallest absolute Gasteiger partial charge is 0.131 e. The molecule has 0 radical (unpaired) electrons. The van der Waals surface area contributed by atoms with E-state index in [-0.39, 0.29) is 31.9 Å². The Morgan fingerprint density at radius 3 is 2.34 bits per heavy atom. The van der Waals surface area contributed by atoms with Crippen LogP contribution in [0.2, 0.25) is 5.02 Å². The molecule has 7 heteroatoms. The Bertz CT molecular complexity index is 983. The van der Waals surface area contributed by atoms with E-state index in [1.807, 2.05) is 61.5 Å². The normalized spacial score (nSPS) is 13.5. The minimum atomic E-state index is -0.838. The molecule has 0 aromatic heterocycles. The highest BCUT2D eigenvalue weighted by molar-refractivity contribution is 6.31. The molecule has 2 unspecified atom stereocenters. The van der Waals surface area contributed by atoms with Gasteiger partial charge in [0.05, 0.1) is 6.10 Å². The second kappa shape index (κ2) is 12.1. The van der Waals surface area contributed by atoms with Crippen LogP contribution in [0.15, 0.2) is 72.8 Å². The van der Waals surface area contributed by atoms with Gasteiger partial charge in [-0.1, -0.05) is 54.1 Å². The van der Waals surface area contributed by atoms with Crippen LogP contribution in [0.1, 0.15) is 30.9 Å². The molecule has 0 saturated heterocycles. The maximum atomic E-state index is 10.0. The summed E-state index contributed by atoms with van der Waals surface area (Å²) in [5.41, 5.74) is 7.35. The van der Waals surface area contributed by atoms with E-state index in [2.05, 4.69) is 0 Å². The van der Waals surface area contributed by atoms with E-state index < -0.39 is 11.6 Å². The summed E-state index contributed by atoms with van der Waals surface area (Å²) in [4.78, 5) is 0. The zero-order valence-electron chi connectivity index (χ0n) is 17.9. The average molecular weight is 478 g/mol. The lowest BCUT2D eigenvalue weighted by atomic mass is 9.86. The van der Waals surface area contributed by atoms with Crippen LogP contribution in [0.4, 0.5) is 0 Å². The molecule has 172 valence electrons. The summed E-state index contributed by atoms with van der Waals surface area (Å²) < 4.78 is 11.8. The van der Waals surface area contributed by atoms with E-state index in [0.717, 1.165) is 5.56 Å². The Hall–Kier alpha value is -2.28. The molecule has 0 amide bonds. The number of nitrogens with two attached hydrogens (primary N) is 1. The number of aliphatic hydroxyl groups is 2. The minimum Gasteiger partial charge on any atom is -0.489 e. The van der Waals surface area contributed by atoms with E-state index in [1.54, 1.807) is 18.2 Å². The molecular formula is C25H29Cl2NO4. The van der Waals surface area contributed by atoms with Crippen LogP contribution in [-0.2, 0) is 12.1 Å². The Balaban J connectivity index is 0.00000363. The predicted octanol–water partition coefficient (Wildman–Crippen LogP) is 5.44. The van der Waals surface area contributed by atoms with Gasteiger partial charge < -0.3 is 25.4 Å². The van der Waals surface area contributed by atoms with E-state index in [4.69, 9.17) is 31.9 Å². The lowest BCUT2D eigenvalue weighted by Gasteiger charge is -2.29. The Labute approximate surface area is 200 Å². The summed E-state index contributed by atoms with van der Waals surface area (Å²) in [5, 5.41) is 19.5. The summed E-state index contributed by atoms with van der Waals surface area (Å²) in [6, 6.07) is 22.7. The number of halogens is 2. The van der Waals surface area contributed by atoms with Crippen molar-refractivity contribution < 1.29 is 19.7 Å². The fourth-order valence-corrected chi connectivity index (χ4v) is 3.76. The maximum absolute atomic E-state index is 10.0. The highest BCUT2D eigenvalue weighted by atomic mass is 35.5. The Morgan fingerprint density at radius 2 is 1.66 bits per heavy atom. The lowest BCUT2D eigenvalue weighted by Crippen LogP contribution is -2.37. The number of rotatable bonds is 10. The van der Waals surface area contributed by atoms with Crippen molar-refractivity contribution in [1.29, 1.82) is 0 Å². The van der Waals surface area contributed by atoms with Gasteiger partial charge in [0, 0.05) is 23.2 Å². The van der Waals surface area contributed by atoms with Gasteiger partial charge in [0.15, 0.2) is 0 Å². The molecule has 0 aliphatic rings. The second-order valence-electron chi connectivity index (χ2n) is 7.78. The SMILES string of the molecule is CC(N)(CC(O)CCO)c1ccc(Oc2cccc(OCc3ccccc3)c2)cc1Cl.Cl. The van der Waals surface area contributed by atoms with Crippen LogP contribution < -0.4 is 15.2 Å². The first-order valence-electron chi connectivity index (χ1n) is 10.2. The first-order valence-corrected chi connectivity index (χ1v) is 10.6. The second-order valence-corrected chi connectivity index (χ2v) is 8.19. The molecule has 32 heavy (non-hydrogen) atoms. The maximum Gasteiger partial charge on any atom is 0.131 e. The Morgan fingerprint density at radius 1 is 0.969 bits per heavy atom. The monoisotopic (exact) mass is 477 g/mol. The van der Waals surface area contributed by atoms with Crippen molar-refractivity contribution in [2.45, 2.75) is 38.0 Å². The molecule has 0 aliphatic heterocycles. The van der Waals surface area contributed by atoms with Crippen LogP contribution in [0.25, 0.3) is 0 Å². The molecule has 0 fully saturated rings. The van der Waals surface area contributed by atoms with Gasteiger partial charge >= 0.3 is 0 Å². The van der Waals surface area contributed by atoms with Crippen LogP contribution in [0.5, 0.6) is 17.2 Å². The lowest BCUT2D eigenvalue weighted by molar-refractivity contribution is 0.103. The number of benzene rings is 3. The topological polar surface area (TPSA) is 84.9 Å². The van der Waals surface area contributed by atoms with E-state index in [9.17, 15) is 5.11 Å². The molecule has 0 bridgehead atoms. The van der Waals surface area contributed by atoms with E-state index in [0.29, 0.717) is 34.4 Å². The third-order valence-electron chi connectivity index (χ3n) is 4.97. The minimum absolute atomic E-state index is 0. The van der Waals surface area contributed by atoms with Crippen molar-refractivity contribution >= 4 is 24.0 Å². The summed E-state index contributed by atoms with van der Waals surface area (Å²) in [7, 11) is 0. The first kappa shape index (κ1) is 26.0. The number of hydrogen-bond acceptors (Lipinski definition) is 5. The summed E-state index contributed by atoms with van der Waals surface area (Å²) >= 11 is 6.47. The quantitative estimate of drug-likeness (QED) is 0.361. The van der Waals surface area contributed by atoms with E-state index in [1.165, 1.54) is 0 Å². The van der Waals surface area contributed by atoms with Crippen LogP contribution in [-0.4, -0.2) is 22.9 Å². The van der Waals surface area contributed by atoms with Crippen LogP contribution in [0, 0.1) is 0 Å². The summed E-state index contributed by atoms with van der Waals surface area (Å²) in [6.07, 6.45) is -0.145. The van der Waals surface area contributed by atoms with Gasteiger partial charge in [-0.3, -0.25) is 0 Å². The third kappa shape index (κ3) is 7.40. The van der Waals surface area contributed by atoms with Gasteiger partial charge in [-0.15, -0.1) is 12.4 Å². The highest BCUT2D eigenvalue weighted by Crippen LogP contribution is 2.34. The largest absolute Gasteiger partial charge is 0.489 e. The summed E-state index contributed by atoms with van der Waals surface area (Å²) in [6.45, 7) is 2.19. The molecule has 3 aromatic rings. The van der Waals surface area contributed by atoms with Crippen molar-refractivity contribution in [1.82, 2.24) is 0 Å². The molecule has 4 N–H and O–H groups in total. The molecular weight excluding hydrogens is 449 g/mol. The fraction of sp³-hybridized carbons (Fsp3) is 0.280. The molecule has 0 saturated carbocycles. The molecule has 5 nitrogen and oxygen atoms in total. The van der Waals surface area contributed by atoms with Gasteiger partial charge in [-0.2, -0.15) is 0 Å². The van der Waals surface area contributed by atoms with Crippen molar-refractivity contribution in [2.24, 2.45) is 5.73 Å². The molecule has 2 atom stereocenters. The van der Waals surface area contributed by atoms with Gasteiger partial charge in [-0.25, -0.2) is 0 Å². The van der Waals surface area contributed by atoms with Crippen molar-refractivity contribution in [3.05, 3.63) is 88.9 Å². The molecule has 0 aliphatic carbocycles. The molecule has 0 heterocycles. The average Bonchev–Trinajstić information content (AvgIpc) is 2.73. The van der Waals surface area contributed by atoms with Gasteiger partial charge in [-0.05, 0) is 55.2 Å². The number of ether oxygens (including phenoxy) is 2. The van der Waals surface area contributed by atoms with Crippen LogP contribution >= 0.6 is 24.0 Å². The molecule has 3 rings (SSSR count). The van der Waals surface area contributed by atoms with Crippen LogP contribution in [0.3, 0.4) is 0 Å². The zero-order valence-corrected chi connectivity index (χ0v) is 19.5. The fourth-order valence-electron chi connectivity index (χ4n) is 3.38. The molecule has 0 spiro atoms. The number of aliphatic hydroxyl groups excluding tert-OH is 2. The summed E-state index contributed by atoms with van der Waals surface area (Å²) in [5.74, 6) is 1.90. The van der Waals surface area contributed by atoms with Crippen molar-refractivity contribution in [2.75, 3.05) is 6.61 Å². The first-order chi connectivity index (χ1) is 14.9. The Kier molecular flexibility index (Phi) is 9.82. The third-order valence-corrected chi connectivity index (χ3v) is 5.28. The molecule has 3 aromatic carbocycles. The van der Waals surface area contributed by atoms with E-state index >= 15 is 0 Å². The highest BCUT2D eigenvalue weighted by Gasteiger charge is 2.27. The standard InChI is InChI=1S/C25H28ClNO4.ClH/c1-25(27,16-19(29)12-13-28)23-11-10-22(15-24(23)26)31-21-9-5-8-20(14-21)30-17-18-6-3-2-4-7-18;/h2-11,14-15,19,28-29H,12-13,16-17,27H2,1H3;1H. The van der Waals surface area contributed by atoms with Gasteiger partial charge in [0.2, 0.25) is 0 Å². The van der Waals surface area contributed by atoms with Gasteiger partial charge in [0.25, 0.3) is 0 Å². The van der Waals surface area contributed by atoms with Gasteiger partial charge in [0.1, 0.15) is 23.9 Å². The van der Waals surface area contributed by atoms with Crippen molar-refractivity contribution in [3.63, 3.8) is 0 Å². The predicted molar refractivity (Wildman–Crippen MR) is 130 cm³/mol.